The van der Waals surface area contributed by atoms with E-state index >= 15 is 0 Å². The lowest BCUT2D eigenvalue weighted by Crippen LogP contribution is -2.36. The maximum Gasteiger partial charge on any atom is 0.323 e. The lowest BCUT2D eigenvalue weighted by molar-refractivity contribution is 0.103. The van der Waals surface area contributed by atoms with Crippen molar-refractivity contribution >= 4 is 40.0 Å². The second-order valence-electron chi connectivity index (χ2n) is 8.03. The van der Waals surface area contributed by atoms with Gasteiger partial charge in [0.1, 0.15) is 28.7 Å². The third-order valence-corrected chi connectivity index (χ3v) is 5.50. The highest BCUT2D eigenvalue weighted by molar-refractivity contribution is 6.10. The summed E-state index contributed by atoms with van der Waals surface area (Å²) in [6.45, 7) is 2.56. The molecule has 3 heterocycles. The second-order valence-corrected chi connectivity index (χ2v) is 8.03. The molecule has 0 aliphatic carbocycles. The van der Waals surface area contributed by atoms with Gasteiger partial charge in [-0.05, 0) is 48.5 Å². The molecule has 2 amide bonds. The van der Waals surface area contributed by atoms with Gasteiger partial charge in [0.05, 0.1) is 31.1 Å². The molecule has 36 heavy (non-hydrogen) atoms. The van der Waals surface area contributed by atoms with E-state index in [9.17, 15) is 18.4 Å². The number of carbonyl (C=O) groups is 2. The van der Waals surface area contributed by atoms with Gasteiger partial charge in [0, 0.05) is 30.0 Å². The Kier molecular flexibility index (Phi) is 6.46. The molecule has 1 aliphatic heterocycles. The average molecular weight is 490 g/mol. The molecule has 182 valence electrons. The summed E-state index contributed by atoms with van der Waals surface area (Å²) in [6, 6.07) is 9.47. The van der Waals surface area contributed by atoms with Gasteiger partial charge in [-0.15, -0.1) is 0 Å². The van der Waals surface area contributed by atoms with E-state index in [2.05, 4.69) is 25.6 Å². The highest BCUT2D eigenvalue weighted by Gasteiger charge is 2.17. The largest absolute Gasteiger partial charge is 0.378 e. The SMILES string of the molecule is O=C(Nc1ccc(F)cc1)Nc1cc(F)cc(C(=O)c2cc3nc(N4CCOCC4)cnc3cn2)c1. The van der Waals surface area contributed by atoms with Gasteiger partial charge < -0.3 is 20.3 Å². The number of aromatic nitrogens is 3. The van der Waals surface area contributed by atoms with E-state index < -0.39 is 23.4 Å². The molecule has 0 unspecified atom stereocenters. The number of pyridine rings is 1. The van der Waals surface area contributed by atoms with Crippen molar-refractivity contribution < 1.29 is 23.1 Å². The van der Waals surface area contributed by atoms with Crippen LogP contribution in [0.2, 0.25) is 0 Å². The van der Waals surface area contributed by atoms with E-state index in [1.165, 1.54) is 42.6 Å². The fourth-order valence-electron chi connectivity index (χ4n) is 3.74. The molecular formula is C25H20F2N6O3. The number of fused-ring (bicyclic) bond motifs is 1. The van der Waals surface area contributed by atoms with E-state index in [1.54, 1.807) is 6.20 Å². The maximum absolute atomic E-state index is 14.3. The molecule has 2 aromatic heterocycles. The Bertz CT molecular complexity index is 1440. The third-order valence-electron chi connectivity index (χ3n) is 5.50. The summed E-state index contributed by atoms with van der Waals surface area (Å²) in [4.78, 5) is 40.6. The highest BCUT2D eigenvalue weighted by Crippen LogP contribution is 2.21. The summed E-state index contributed by atoms with van der Waals surface area (Å²) in [5, 5.41) is 4.98. The lowest BCUT2D eigenvalue weighted by atomic mass is 10.1. The van der Waals surface area contributed by atoms with E-state index in [4.69, 9.17) is 4.74 Å². The van der Waals surface area contributed by atoms with Crippen molar-refractivity contribution in [3.63, 3.8) is 0 Å². The first kappa shape index (κ1) is 23.2. The van der Waals surface area contributed by atoms with Crippen LogP contribution in [0.15, 0.2) is 60.9 Å². The number of nitrogens with one attached hydrogen (secondary N) is 2. The number of benzene rings is 2. The maximum atomic E-state index is 14.3. The van der Waals surface area contributed by atoms with Crippen molar-refractivity contribution in [2.45, 2.75) is 0 Å². The number of carbonyl (C=O) groups excluding carboxylic acids is 2. The molecule has 2 aromatic carbocycles. The number of ether oxygens (including phenoxy) is 1. The third kappa shape index (κ3) is 5.26. The Morgan fingerprint density at radius 2 is 1.58 bits per heavy atom. The van der Waals surface area contributed by atoms with E-state index in [0.717, 1.165) is 12.1 Å². The normalized spacial score (nSPS) is 13.4. The molecular weight excluding hydrogens is 470 g/mol. The lowest BCUT2D eigenvalue weighted by Gasteiger charge is -2.27. The van der Waals surface area contributed by atoms with Gasteiger partial charge in [-0.2, -0.15) is 0 Å². The Morgan fingerprint density at radius 3 is 2.36 bits per heavy atom. The molecule has 1 aliphatic rings. The van der Waals surface area contributed by atoms with Crippen molar-refractivity contribution in [1.29, 1.82) is 0 Å². The number of halogens is 2. The molecule has 9 nitrogen and oxygen atoms in total. The summed E-state index contributed by atoms with van der Waals surface area (Å²) in [6.07, 6.45) is 3.09. The molecule has 0 bridgehead atoms. The minimum Gasteiger partial charge on any atom is -0.378 e. The van der Waals surface area contributed by atoms with Crippen LogP contribution in [0, 0.1) is 11.6 Å². The first-order valence-electron chi connectivity index (χ1n) is 11.1. The monoisotopic (exact) mass is 490 g/mol. The Morgan fingerprint density at radius 1 is 0.833 bits per heavy atom. The van der Waals surface area contributed by atoms with Gasteiger partial charge in [-0.3, -0.25) is 9.78 Å². The molecule has 2 N–H and O–H groups in total. The van der Waals surface area contributed by atoms with Gasteiger partial charge in [0.15, 0.2) is 0 Å². The predicted octanol–water partition coefficient (Wildman–Crippen LogP) is 4.01. The minimum atomic E-state index is -0.715. The average Bonchev–Trinajstić information content (AvgIpc) is 2.89. The molecule has 4 aromatic rings. The summed E-state index contributed by atoms with van der Waals surface area (Å²) < 4.78 is 32.7. The highest BCUT2D eigenvalue weighted by atomic mass is 19.1. The zero-order valence-corrected chi connectivity index (χ0v) is 18.9. The quantitative estimate of drug-likeness (QED) is 0.407. The number of ketones is 1. The number of morpholine rings is 1. The predicted molar refractivity (Wildman–Crippen MR) is 129 cm³/mol. The number of hydrogen-bond donors (Lipinski definition) is 2. The summed E-state index contributed by atoms with van der Waals surface area (Å²) >= 11 is 0. The van der Waals surface area contributed by atoms with Gasteiger partial charge in [0.25, 0.3) is 0 Å². The van der Waals surface area contributed by atoms with Crippen molar-refractivity contribution in [3.05, 3.63) is 83.8 Å². The van der Waals surface area contributed by atoms with Crippen LogP contribution in [0.4, 0.5) is 30.8 Å². The molecule has 11 heteroatoms. The Balaban J connectivity index is 1.36. The van der Waals surface area contributed by atoms with Gasteiger partial charge in [-0.1, -0.05) is 0 Å². The van der Waals surface area contributed by atoms with Crippen LogP contribution >= 0.6 is 0 Å². The number of anilines is 3. The molecule has 5 rings (SSSR count). The van der Waals surface area contributed by atoms with Gasteiger partial charge in [0.2, 0.25) is 5.78 Å². The summed E-state index contributed by atoms with van der Waals surface area (Å²) in [5.74, 6) is -1.04. The Labute approximate surface area is 204 Å². The summed E-state index contributed by atoms with van der Waals surface area (Å²) in [7, 11) is 0. The van der Waals surface area contributed by atoms with Crippen LogP contribution in [-0.2, 0) is 4.74 Å². The molecule has 1 saturated heterocycles. The standard InChI is InChI=1S/C25H20F2N6O3/c26-16-1-3-18(4-2-16)30-25(35)31-19-10-15(9-17(27)11-19)24(34)21-12-20-22(13-28-21)29-14-23(32-20)33-5-7-36-8-6-33/h1-4,9-14H,5-8H2,(H2,30,31,35). The molecule has 0 spiro atoms. The molecule has 0 atom stereocenters. The second kappa shape index (κ2) is 10.0. The van der Waals surface area contributed by atoms with Crippen LogP contribution < -0.4 is 15.5 Å². The van der Waals surface area contributed by atoms with Gasteiger partial charge >= 0.3 is 6.03 Å². The van der Waals surface area contributed by atoms with Gasteiger partial charge in [-0.25, -0.2) is 23.5 Å². The molecule has 0 radical (unpaired) electrons. The number of hydrogen-bond acceptors (Lipinski definition) is 7. The van der Waals surface area contributed by atoms with Crippen LogP contribution in [-0.4, -0.2) is 53.1 Å². The number of amides is 2. The van der Waals surface area contributed by atoms with E-state index in [0.29, 0.717) is 48.8 Å². The fourth-order valence-corrected chi connectivity index (χ4v) is 3.74. The number of rotatable bonds is 5. The van der Waals surface area contributed by atoms with Crippen molar-refractivity contribution in [1.82, 2.24) is 15.0 Å². The first-order valence-corrected chi connectivity index (χ1v) is 11.1. The molecule has 0 saturated carbocycles. The van der Waals surface area contributed by atoms with E-state index in [1.807, 2.05) is 4.90 Å². The Hall–Kier alpha value is -4.51. The topological polar surface area (TPSA) is 109 Å². The smallest absolute Gasteiger partial charge is 0.323 e. The van der Waals surface area contributed by atoms with Crippen molar-refractivity contribution in [3.8, 4) is 0 Å². The fraction of sp³-hybridized carbons (Fsp3) is 0.160. The van der Waals surface area contributed by atoms with Crippen LogP contribution in [0.25, 0.3) is 11.0 Å². The number of nitrogens with zero attached hydrogens (tertiary/aromatic N) is 4. The summed E-state index contributed by atoms with van der Waals surface area (Å²) in [5.41, 5.74) is 1.46. The van der Waals surface area contributed by atoms with E-state index in [-0.39, 0.29) is 16.9 Å². The van der Waals surface area contributed by atoms with Crippen molar-refractivity contribution in [2.75, 3.05) is 41.8 Å². The minimum absolute atomic E-state index is 0.00350. The zero-order chi connectivity index (χ0) is 25.1. The number of urea groups is 1. The zero-order valence-electron chi connectivity index (χ0n) is 18.9. The molecule has 1 fully saturated rings. The van der Waals surface area contributed by atoms with Crippen LogP contribution in [0.5, 0.6) is 0 Å². The van der Waals surface area contributed by atoms with Crippen LogP contribution in [0.1, 0.15) is 16.1 Å². The van der Waals surface area contributed by atoms with Crippen molar-refractivity contribution in [2.24, 2.45) is 0 Å². The van der Waals surface area contributed by atoms with Crippen LogP contribution in [0.3, 0.4) is 0 Å². The first-order chi connectivity index (χ1) is 17.4.